The summed E-state index contributed by atoms with van der Waals surface area (Å²) in [6.45, 7) is 2.88. The zero-order valence-electron chi connectivity index (χ0n) is 11.6. The SMILES string of the molecule is CN1CCC(CNC(=O)C2CCCC(C(=O)O)C2)C1. The summed E-state index contributed by atoms with van der Waals surface area (Å²) in [6.07, 6.45) is 4.04. The number of carbonyl (C=O) groups is 2. The molecule has 5 nitrogen and oxygen atoms in total. The summed E-state index contributed by atoms with van der Waals surface area (Å²) in [4.78, 5) is 25.4. The highest BCUT2D eigenvalue weighted by atomic mass is 16.4. The number of nitrogens with zero attached hydrogens (tertiary/aromatic N) is 1. The van der Waals surface area contributed by atoms with E-state index in [1.54, 1.807) is 0 Å². The Hall–Kier alpha value is -1.10. The van der Waals surface area contributed by atoms with Crippen LogP contribution in [0.15, 0.2) is 0 Å². The lowest BCUT2D eigenvalue weighted by atomic mass is 9.81. The highest BCUT2D eigenvalue weighted by Gasteiger charge is 2.31. The molecule has 1 heterocycles. The van der Waals surface area contributed by atoms with Gasteiger partial charge >= 0.3 is 5.97 Å². The molecule has 0 bridgehead atoms. The van der Waals surface area contributed by atoms with E-state index in [1.807, 2.05) is 0 Å². The van der Waals surface area contributed by atoms with E-state index < -0.39 is 5.97 Å². The van der Waals surface area contributed by atoms with Crippen molar-refractivity contribution in [2.24, 2.45) is 17.8 Å². The summed E-state index contributed by atoms with van der Waals surface area (Å²) in [5.41, 5.74) is 0. The number of carbonyl (C=O) groups excluding carboxylic acids is 1. The van der Waals surface area contributed by atoms with Crippen LogP contribution in [0.5, 0.6) is 0 Å². The first-order valence-electron chi connectivity index (χ1n) is 7.25. The Balaban J connectivity index is 1.74. The molecule has 0 aromatic rings. The van der Waals surface area contributed by atoms with Gasteiger partial charge in [0, 0.05) is 19.0 Å². The lowest BCUT2D eigenvalue weighted by molar-refractivity contribution is -0.144. The summed E-state index contributed by atoms with van der Waals surface area (Å²) in [6, 6.07) is 0. The predicted octanol–water partition coefficient (Wildman–Crippen LogP) is 0.945. The van der Waals surface area contributed by atoms with Crippen molar-refractivity contribution in [1.29, 1.82) is 0 Å². The minimum atomic E-state index is -0.755. The molecule has 1 aliphatic carbocycles. The van der Waals surface area contributed by atoms with Gasteiger partial charge in [-0.1, -0.05) is 6.42 Å². The summed E-state index contributed by atoms with van der Waals surface area (Å²) >= 11 is 0. The van der Waals surface area contributed by atoms with Crippen LogP contribution in [-0.4, -0.2) is 48.6 Å². The number of aliphatic carboxylic acids is 1. The lowest BCUT2D eigenvalue weighted by Gasteiger charge is -2.26. The minimum absolute atomic E-state index is 0.0560. The van der Waals surface area contributed by atoms with E-state index in [4.69, 9.17) is 5.11 Å². The maximum absolute atomic E-state index is 12.1. The molecule has 2 rings (SSSR count). The Kier molecular flexibility index (Phi) is 4.80. The number of hydrogen-bond donors (Lipinski definition) is 2. The fourth-order valence-corrected chi connectivity index (χ4v) is 3.23. The number of nitrogens with one attached hydrogen (secondary N) is 1. The van der Waals surface area contributed by atoms with Gasteiger partial charge in [-0.25, -0.2) is 0 Å². The van der Waals surface area contributed by atoms with Crippen LogP contribution in [0.25, 0.3) is 0 Å². The number of likely N-dealkylation sites (tertiary alicyclic amines) is 1. The molecule has 2 N–H and O–H groups in total. The van der Waals surface area contributed by atoms with Crippen molar-refractivity contribution in [3.05, 3.63) is 0 Å². The molecule has 2 fully saturated rings. The third-order valence-electron chi connectivity index (χ3n) is 4.45. The van der Waals surface area contributed by atoms with Crippen molar-refractivity contribution < 1.29 is 14.7 Å². The summed E-state index contributed by atoms with van der Waals surface area (Å²) in [5.74, 6) is -0.584. The van der Waals surface area contributed by atoms with Gasteiger partial charge < -0.3 is 15.3 Å². The Morgan fingerprint density at radius 3 is 2.63 bits per heavy atom. The molecule has 108 valence electrons. The normalized spacial score (nSPS) is 32.2. The molecular formula is C14H24N2O3. The molecule has 2 aliphatic rings. The van der Waals surface area contributed by atoms with Crippen LogP contribution in [0.4, 0.5) is 0 Å². The molecule has 1 saturated heterocycles. The quantitative estimate of drug-likeness (QED) is 0.796. The molecule has 19 heavy (non-hydrogen) atoms. The molecule has 3 atom stereocenters. The van der Waals surface area contributed by atoms with Crippen LogP contribution in [-0.2, 0) is 9.59 Å². The van der Waals surface area contributed by atoms with Gasteiger partial charge in [0.25, 0.3) is 0 Å². The lowest BCUT2D eigenvalue weighted by Crippen LogP contribution is -2.38. The van der Waals surface area contributed by atoms with Crippen molar-refractivity contribution in [1.82, 2.24) is 10.2 Å². The van der Waals surface area contributed by atoms with Crippen molar-refractivity contribution in [3.8, 4) is 0 Å². The Morgan fingerprint density at radius 2 is 2.00 bits per heavy atom. The van der Waals surface area contributed by atoms with Gasteiger partial charge in [-0.05, 0) is 45.2 Å². The van der Waals surface area contributed by atoms with Crippen molar-refractivity contribution in [3.63, 3.8) is 0 Å². The maximum Gasteiger partial charge on any atom is 0.306 e. The van der Waals surface area contributed by atoms with Gasteiger partial charge in [-0.2, -0.15) is 0 Å². The first-order chi connectivity index (χ1) is 9.06. The Morgan fingerprint density at radius 1 is 1.26 bits per heavy atom. The second-order valence-electron chi connectivity index (χ2n) is 6.06. The fourth-order valence-electron chi connectivity index (χ4n) is 3.23. The van der Waals surface area contributed by atoms with E-state index in [-0.39, 0.29) is 17.7 Å². The van der Waals surface area contributed by atoms with Crippen molar-refractivity contribution >= 4 is 11.9 Å². The van der Waals surface area contributed by atoms with Crippen molar-refractivity contribution in [2.45, 2.75) is 32.1 Å². The first-order valence-corrected chi connectivity index (χ1v) is 7.25. The molecule has 0 radical (unpaired) electrons. The molecule has 1 saturated carbocycles. The van der Waals surface area contributed by atoms with Gasteiger partial charge in [0.1, 0.15) is 0 Å². The number of hydrogen-bond acceptors (Lipinski definition) is 3. The number of carboxylic acids is 1. The molecule has 0 aromatic heterocycles. The summed E-state index contributed by atoms with van der Waals surface area (Å²) < 4.78 is 0. The van der Waals surface area contributed by atoms with E-state index in [9.17, 15) is 9.59 Å². The van der Waals surface area contributed by atoms with E-state index in [0.717, 1.165) is 38.9 Å². The second-order valence-corrected chi connectivity index (χ2v) is 6.06. The zero-order chi connectivity index (χ0) is 13.8. The molecule has 1 amide bonds. The predicted molar refractivity (Wildman–Crippen MR) is 71.7 cm³/mol. The fraction of sp³-hybridized carbons (Fsp3) is 0.857. The third kappa shape index (κ3) is 3.93. The van der Waals surface area contributed by atoms with Crippen LogP contribution in [0.1, 0.15) is 32.1 Å². The molecule has 1 aliphatic heterocycles. The van der Waals surface area contributed by atoms with E-state index in [1.165, 1.54) is 0 Å². The minimum Gasteiger partial charge on any atom is -0.481 e. The van der Waals surface area contributed by atoms with E-state index >= 15 is 0 Å². The smallest absolute Gasteiger partial charge is 0.306 e. The number of carboxylic acid groups (broad SMARTS) is 1. The average Bonchev–Trinajstić information content (AvgIpc) is 2.82. The topological polar surface area (TPSA) is 69.6 Å². The number of rotatable bonds is 4. The highest BCUT2D eigenvalue weighted by molar-refractivity contribution is 5.80. The van der Waals surface area contributed by atoms with Gasteiger partial charge in [-0.15, -0.1) is 0 Å². The standard InChI is InChI=1S/C14H24N2O3/c1-16-6-5-10(9-16)8-15-13(17)11-3-2-4-12(7-11)14(18)19/h10-12H,2-9H2,1H3,(H,15,17)(H,18,19). The number of amides is 1. The van der Waals surface area contributed by atoms with Crippen LogP contribution in [0, 0.1) is 17.8 Å². The molecular weight excluding hydrogens is 244 g/mol. The van der Waals surface area contributed by atoms with E-state index in [2.05, 4.69) is 17.3 Å². The molecule has 0 spiro atoms. The third-order valence-corrected chi connectivity index (χ3v) is 4.45. The molecule has 0 aromatic carbocycles. The zero-order valence-corrected chi connectivity index (χ0v) is 11.6. The average molecular weight is 268 g/mol. The van der Waals surface area contributed by atoms with Crippen molar-refractivity contribution in [2.75, 3.05) is 26.7 Å². The van der Waals surface area contributed by atoms with E-state index in [0.29, 0.717) is 18.8 Å². The van der Waals surface area contributed by atoms with Gasteiger partial charge in [0.05, 0.1) is 5.92 Å². The van der Waals surface area contributed by atoms with Crippen LogP contribution in [0.3, 0.4) is 0 Å². The Labute approximate surface area is 114 Å². The summed E-state index contributed by atoms with van der Waals surface area (Å²) in [7, 11) is 2.10. The Bertz CT molecular complexity index is 346. The monoisotopic (exact) mass is 268 g/mol. The van der Waals surface area contributed by atoms with Gasteiger partial charge in [0.15, 0.2) is 0 Å². The highest BCUT2D eigenvalue weighted by Crippen LogP contribution is 2.29. The van der Waals surface area contributed by atoms with Crippen LogP contribution in [0.2, 0.25) is 0 Å². The van der Waals surface area contributed by atoms with Gasteiger partial charge in [-0.3, -0.25) is 9.59 Å². The van der Waals surface area contributed by atoms with Crippen LogP contribution >= 0.6 is 0 Å². The summed E-state index contributed by atoms with van der Waals surface area (Å²) in [5, 5.41) is 12.0. The largest absolute Gasteiger partial charge is 0.481 e. The van der Waals surface area contributed by atoms with Gasteiger partial charge in [0.2, 0.25) is 5.91 Å². The molecule has 3 unspecified atom stereocenters. The second kappa shape index (κ2) is 6.37. The van der Waals surface area contributed by atoms with Crippen LogP contribution < -0.4 is 5.32 Å². The first kappa shape index (κ1) is 14.3. The maximum atomic E-state index is 12.1. The molecule has 5 heteroatoms.